The van der Waals surface area contributed by atoms with Gasteiger partial charge in [0.25, 0.3) is 0 Å². The van der Waals surface area contributed by atoms with E-state index >= 15 is 0 Å². The SMILES string of the molecule is CCNCc1cnccc1N(C)CCOCC. The molecule has 1 heterocycles. The van der Waals surface area contributed by atoms with Crippen LogP contribution in [0.4, 0.5) is 5.69 Å². The van der Waals surface area contributed by atoms with Gasteiger partial charge in [0.05, 0.1) is 6.61 Å². The lowest BCUT2D eigenvalue weighted by Crippen LogP contribution is -2.25. The average molecular weight is 237 g/mol. The molecule has 0 saturated heterocycles. The van der Waals surface area contributed by atoms with Gasteiger partial charge in [0, 0.05) is 50.4 Å². The average Bonchev–Trinajstić information content (AvgIpc) is 2.37. The molecule has 1 aromatic rings. The summed E-state index contributed by atoms with van der Waals surface area (Å²) in [6, 6.07) is 2.05. The van der Waals surface area contributed by atoms with E-state index in [1.807, 2.05) is 19.3 Å². The number of hydrogen-bond acceptors (Lipinski definition) is 4. The predicted molar refractivity (Wildman–Crippen MR) is 71.4 cm³/mol. The number of aromatic nitrogens is 1. The highest BCUT2D eigenvalue weighted by atomic mass is 16.5. The molecule has 1 rings (SSSR count). The smallest absolute Gasteiger partial charge is 0.0641 e. The van der Waals surface area contributed by atoms with Crippen LogP contribution in [-0.4, -0.2) is 38.3 Å². The molecule has 0 unspecified atom stereocenters. The van der Waals surface area contributed by atoms with Crippen LogP contribution in [-0.2, 0) is 11.3 Å². The minimum Gasteiger partial charge on any atom is -0.380 e. The van der Waals surface area contributed by atoms with E-state index in [1.165, 1.54) is 11.3 Å². The highest BCUT2D eigenvalue weighted by Crippen LogP contribution is 2.17. The molecular formula is C13H23N3O. The maximum Gasteiger partial charge on any atom is 0.0641 e. The maximum atomic E-state index is 5.37. The van der Waals surface area contributed by atoms with Crippen molar-refractivity contribution in [1.82, 2.24) is 10.3 Å². The van der Waals surface area contributed by atoms with Crippen molar-refractivity contribution in [2.75, 3.05) is 38.3 Å². The molecule has 0 amide bonds. The lowest BCUT2D eigenvalue weighted by molar-refractivity contribution is 0.154. The first-order valence-electron chi connectivity index (χ1n) is 6.22. The van der Waals surface area contributed by atoms with E-state index in [2.05, 4.69) is 35.2 Å². The fourth-order valence-electron chi connectivity index (χ4n) is 1.65. The van der Waals surface area contributed by atoms with Gasteiger partial charge >= 0.3 is 0 Å². The predicted octanol–water partition coefficient (Wildman–Crippen LogP) is 1.66. The zero-order chi connectivity index (χ0) is 12.5. The van der Waals surface area contributed by atoms with Gasteiger partial charge in [0.1, 0.15) is 0 Å². The van der Waals surface area contributed by atoms with E-state index < -0.39 is 0 Å². The molecule has 0 aromatic carbocycles. The van der Waals surface area contributed by atoms with Crippen LogP contribution in [0.2, 0.25) is 0 Å². The second kappa shape index (κ2) is 8.03. The number of rotatable bonds is 8. The van der Waals surface area contributed by atoms with E-state index in [4.69, 9.17) is 4.74 Å². The third-order valence-corrected chi connectivity index (χ3v) is 2.63. The Morgan fingerprint density at radius 1 is 1.41 bits per heavy atom. The lowest BCUT2D eigenvalue weighted by Gasteiger charge is -2.22. The number of likely N-dealkylation sites (N-methyl/N-ethyl adjacent to an activating group) is 1. The molecule has 96 valence electrons. The molecule has 0 aliphatic carbocycles. The molecule has 0 atom stereocenters. The summed E-state index contributed by atoms with van der Waals surface area (Å²) in [4.78, 5) is 6.39. The minimum absolute atomic E-state index is 0.760. The number of hydrogen-bond donors (Lipinski definition) is 1. The Kier molecular flexibility index (Phi) is 6.58. The van der Waals surface area contributed by atoms with Crippen LogP contribution in [0.15, 0.2) is 18.5 Å². The molecule has 4 heteroatoms. The van der Waals surface area contributed by atoms with E-state index in [0.29, 0.717) is 0 Å². The Bertz CT molecular complexity index is 317. The molecular weight excluding hydrogens is 214 g/mol. The Morgan fingerprint density at radius 3 is 2.94 bits per heavy atom. The van der Waals surface area contributed by atoms with E-state index in [-0.39, 0.29) is 0 Å². The normalized spacial score (nSPS) is 10.5. The van der Waals surface area contributed by atoms with Crippen LogP contribution in [0, 0.1) is 0 Å². The minimum atomic E-state index is 0.760. The number of nitrogens with zero attached hydrogens (tertiary/aromatic N) is 2. The van der Waals surface area contributed by atoms with Crippen LogP contribution in [0.3, 0.4) is 0 Å². The topological polar surface area (TPSA) is 37.4 Å². The van der Waals surface area contributed by atoms with Crippen molar-refractivity contribution in [2.24, 2.45) is 0 Å². The Labute approximate surface area is 104 Å². The Balaban J connectivity index is 2.60. The van der Waals surface area contributed by atoms with E-state index in [0.717, 1.165) is 32.8 Å². The molecule has 0 radical (unpaired) electrons. The third kappa shape index (κ3) is 4.71. The van der Waals surface area contributed by atoms with Gasteiger partial charge < -0.3 is 15.0 Å². The molecule has 0 saturated carbocycles. The quantitative estimate of drug-likeness (QED) is 0.698. The Morgan fingerprint density at radius 2 is 2.24 bits per heavy atom. The van der Waals surface area contributed by atoms with Crippen molar-refractivity contribution < 1.29 is 4.74 Å². The second-order valence-electron chi connectivity index (χ2n) is 3.90. The van der Waals surface area contributed by atoms with Gasteiger partial charge in [-0.15, -0.1) is 0 Å². The van der Waals surface area contributed by atoms with Crippen LogP contribution >= 0.6 is 0 Å². The molecule has 17 heavy (non-hydrogen) atoms. The second-order valence-corrected chi connectivity index (χ2v) is 3.90. The molecule has 0 bridgehead atoms. The summed E-state index contributed by atoms with van der Waals surface area (Å²) in [5.41, 5.74) is 2.45. The summed E-state index contributed by atoms with van der Waals surface area (Å²) < 4.78 is 5.37. The number of pyridine rings is 1. The molecule has 4 nitrogen and oxygen atoms in total. The zero-order valence-corrected chi connectivity index (χ0v) is 11.1. The molecule has 0 aliphatic heterocycles. The summed E-state index contributed by atoms with van der Waals surface area (Å²) in [6.07, 6.45) is 3.76. The van der Waals surface area contributed by atoms with Crippen molar-refractivity contribution >= 4 is 5.69 Å². The lowest BCUT2D eigenvalue weighted by atomic mass is 10.2. The summed E-state index contributed by atoms with van der Waals surface area (Å²) in [5, 5.41) is 3.33. The van der Waals surface area contributed by atoms with Gasteiger partial charge in [0.15, 0.2) is 0 Å². The summed E-state index contributed by atoms with van der Waals surface area (Å²) in [5.74, 6) is 0. The Hall–Kier alpha value is -1.13. The standard InChI is InChI=1S/C13H23N3O/c1-4-14-10-12-11-15-7-6-13(12)16(3)8-9-17-5-2/h6-7,11,14H,4-5,8-10H2,1-3H3. The van der Waals surface area contributed by atoms with Crippen LogP contribution in [0.5, 0.6) is 0 Å². The van der Waals surface area contributed by atoms with Crippen molar-refractivity contribution in [3.05, 3.63) is 24.0 Å². The first-order chi connectivity index (χ1) is 8.29. The van der Waals surface area contributed by atoms with Crippen molar-refractivity contribution in [2.45, 2.75) is 20.4 Å². The van der Waals surface area contributed by atoms with Crippen molar-refractivity contribution in [1.29, 1.82) is 0 Å². The summed E-state index contributed by atoms with van der Waals surface area (Å²) in [6.45, 7) is 8.38. The van der Waals surface area contributed by atoms with Crippen molar-refractivity contribution in [3.63, 3.8) is 0 Å². The first kappa shape index (κ1) is 13.9. The van der Waals surface area contributed by atoms with Gasteiger partial charge in [-0.1, -0.05) is 6.92 Å². The van der Waals surface area contributed by atoms with Gasteiger partial charge in [-0.05, 0) is 19.5 Å². The van der Waals surface area contributed by atoms with Crippen LogP contribution < -0.4 is 10.2 Å². The van der Waals surface area contributed by atoms with Gasteiger partial charge in [-0.3, -0.25) is 4.98 Å². The van der Waals surface area contributed by atoms with Crippen molar-refractivity contribution in [3.8, 4) is 0 Å². The summed E-state index contributed by atoms with van der Waals surface area (Å²) >= 11 is 0. The van der Waals surface area contributed by atoms with Gasteiger partial charge in [-0.25, -0.2) is 0 Å². The number of ether oxygens (including phenoxy) is 1. The molecule has 1 aromatic heterocycles. The molecule has 0 aliphatic rings. The fourth-order valence-corrected chi connectivity index (χ4v) is 1.65. The maximum absolute atomic E-state index is 5.37. The molecule has 0 fully saturated rings. The highest BCUT2D eigenvalue weighted by Gasteiger charge is 2.06. The van der Waals surface area contributed by atoms with E-state index in [9.17, 15) is 0 Å². The first-order valence-corrected chi connectivity index (χ1v) is 6.22. The highest BCUT2D eigenvalue weighted by molar-refractivity contribution is 5.51. The summed E-state index contributed by atoms with van der Waals surface area (Å²) in [7, 11) is 2.09. The van der Waals surface area contributed by atoms with Gasteiger partial charge in [0.2, 0.25) is 0 Å². The van der Waals surface area contributed by atoms with Crippen LogP contribution in [0.1, 0.15) is 19.4 Å². The molecule has 0 spiro atoms. The molecule has 1 N–H and O–H groups in total. The number of anilines is 1. The largest absolute Gasteiger partial charge is 0.380 e. The number of nitrogens with one attached hydrogen (secondary N) is 1. The monoisotopic (exact) mass is 237 g/mol. The zero-order valence-electron chi connectivity index (χ0n) is 11.1. The van der Waals surface area contributed by atoms with E-state index in [1.54, 1.807) is 0 Å². The van der Waals surface area contributed by atoms with Crippen LogP contribution in [0.25, 0.3) is 0 Å². The third-order valence-electron chi connectivity index (χ3n) is 2.63. The fraction of sp³-hybridized carbons (Fsp3) is 0.615. The van der Waals surface area contributed by atoms with Gasteiger partial charge in [-0.2, -0.15) is 0 Å².